The summed E-state index contributed by atoms with van der Waals surface area (Å²) in [6, 6.07) is 0. The number of Topliss-reactive ketones (excluding diaryl/α,β-unsaturated/α-hetero) is 1. The van der Waals surface area contributed by atoms with Crippen LogP contribution in [0.3, 0.4) is 0 Å². The quantitative estimate of drug-likeness (QED) is 0.737. The Labute approximate surface area is 96.8 Å². The molecule has 0 bridgehead atoms. The summed E-state index contributed by atoms with van der Waals surface area (Å²) in [4.78, 5) is 14.0. The summed E-state index contributed by atoms with van der Waals surface area (Å²) in [5.74, 6) is 2.08. The highest BCUT2D eigenvalue weighted by Gasteiger charge is 2.31. The molecule has 0 aromatic heterocycles. The third kappa shape index (κ3) is 3.49. The summed E-state index contributed by atoms with van der Waals surface area (Å²) < 4.78 is 0.400. The highest BCUT2D eigenvalue weighted by Crippen LogP contribution is 2.32. The number of ketones is 1. The summed E-state index contributed by atoms with van der Waals surface area (Å²) >= 11 is 2.04. The Morgan fingerprint density at radius 1 is 1.40 bits per heavy atom. The van der Waals surface area contributed by atoms with Crippen LogP contribution in [0.15, 0.2) is 0 Å². The predicted molar refractivity (Wildman–Crippen MR) is 65.3 cm³/mol. The number of rotatable bonds is 3. The fraction of sp³-hybridized carbons (Fsp3) is 0.917. The van der Waals surface area contributed by atoms with Crippen LogP contribution in [0.2, 0.25) is 0 Å². The summed E-state index contributed by atoms with van der Waals surface area (Å²) in [5.41, 5.74) is 0. The number of carbonyl (C=O) groups excluding carboxylic acids is 1. The first-order valence-electron chi connectivity index (χ1n) is 5.96. The lowest BCUT2D eigenvalue weighted by atomic mass is 10.1. The van der Waals surface area contributed by atoms with Crippen LogP contribution in [0, 0.1) is 5.92 Å². The molecule has 2 fully saturated rings. The molecule has 1 saturated carbocycles. The van der Waals surface area contributed by atoms with E-state index in [9.17, 15) is 4.79 Å². The second kappa shape index (κ2) is 4.46. The first kappa shape index (κ1) is 11.5. The third-order valence-electron chi connectivity index (χ3n) is 3.34. The molecule has 86 valence electrons. The first-order valence-corrected chi connectivity index (χ1v) is 6.94. The molecule has 3 heteroatoms. The van der Waals surface area contributed by atoms with E-state index in [1.165, 1.54) is 12.2 Å². The van der Waals surface area contributed by atoms with Gasteiger partial charge in [-0.25, -0.2) is 0 Å². The minimum absolute atomic E-state index is 0.400. The van der Waals surface area contributed by atoms with E-state index in [-0.39, 0.29) is 0 Å². The number of hydrogen-bond donors (Lipinski definition) is 0. The standard InChI is InChI=1S/C12H21NOS/c1-12(2)5-6-13(7-8-15-12)9-11(14)10-3-4-10/h10H,3-9H2,1-2H3. The Kier molecular flexibility index (Phi) is 3.41. The molecule has 0 aromatic carbocycles. The Morgan fingerprint density at radius 2 is 2.13 bits per heavy atom. The van der Waals surface area contributed by atoms with Gasteiger partial charge in [-0.1, -0.05) is 13.8 Å². The molecule has 1 aliphatic heterocycles. The van der Waals surface area contributed by atoms with Gasteiger partial charge in [-0.05, 0) is 25.8 Å². The second-order valence-corrected chi connectivity index (χ2v) is 7.18. The van der Waals surface area contributed by atoms with Crippen molar-refractivity contribution in [2.45, 2.75) is 37.9 Å². The molecule has 2 nitrogen and oxygen atoms in total. The van der Waals surface area contributed by atoms with E-state index in [1.54, 1.807) is 0 Å². The summed E-state index contributed by atoms with van der Waals surface area (Å²) in [7, 11) is 0. The van der Waals surface area contributed by atoms with E-state index in [1.807, 2.05) is 11.8 Å². The molecular formula is C12H21NOS. The molecular weight excluding hydrogens is 206 g/mol. The van der Waals surface area contributed by atoms with Gasteiger partial charge in [0.05, 0.1) is 6.54 Å². The van der Waals surface area contributed by atoms with Crippen LogP contribution in [-0.4, -0.2) is 40.8 Å². The normalized spacial score (nSPS) is 27.3. The van der Waals surface area contributed by atoms with E-state index < -0.39 is 0 Å². The van der Waals surface area contributed by atoms with E-state index in [2.05, 4.69) is 18.7 Å². The smallest absolute Gasteiger partial charge is 0.149 e. The van der Waals surface area contributed by atoms with Gasteiger partial charge in [-0.3, -0.25) is 9.69 Å². The van der Waals surface area contributed by atoms with Gasteiger partial charge in [0.25, 0.3) is 0 Å². The second-order valence-electron chi connectivity index (χ2n) is 5.37. The Balaban J connectivity index is 1.80. The van der Waals surface area contributed by atoms with Crippen LogP contribution < -0.4 is 0 Å². The molecule has 1 saturated heterocycles. The lowest BCUT2D eigenvalue weighted by molar-refractivity contribution is -0.121. The highest BCUT2D eigenvalue weighted by atomic mass is 32.2. The van der Waals surface area contributed by atoms with Gasteiger partial charge in [0.15, 0.2) is 0 Å². The number of thioether (sulfide) groups is 1. The Bertz CT molecular complexity index is 248. The number of carbonyl (C=O) groups is 1. The van der Waals surface area contributed by atoms with Crippen molar-refractivity contribution in [3.63, 3.8) is 0 Å². The zero-order valence-electron chi connectivity index (χ0n) is 9.79. The lowest BCUT2D eigenvalue weighted by Gasteiger charge is -2.22. The summed E-state index contributed by atoms with van der Waals surface area (Å²) in [6.45, 7) is 7.51. The zero-order chi connectivity index (χ0) is 10.9. The molecule has 0 N–H and O–H groups in total. The molecule has 2 aliphatic rings. The SMILES string of the molecule is CC1(C)CCN(CC(=O)C2CC2)CCS1. The number of nitrogens with zero attached hydrogens (tertiary/aromatic N) is 1. The molecule has 1 aliphatic carbocycles. The maximum Gasteiger partial charge on any atom is 0.149 e. The molecule has 0 unspecified atom stereocenters. The van der Waals surface area contributed by atoms with Crippen molar-refractivity contribution in [3.05, 3.63) is 0 Å². The molecule has 15 heavy (non-hydrogen) atoms. The fourth-order valence-electron chi connectivity index (χ4n) is 1.98. The first-order chi connectivity index (χ1) is 7.07. The van der Waals surface area contributed by atoms with E-state index in [0.717, 1.165) is 25.9 Å². The molecule has 0 atom stereocenters. The van der Waals surface area contributed by atoms with Crippen molar-refractivity contribution >= 4 is 17.5 Å². The van der Waals surface area contributed by atoms with Crippen LogP contribution in [0.25, 0.3) is 0 Å². The van der Waals surface area contributed by atoms with Gasteiger partial charge in [0, 0.05) is 23.0 Å². The van der Waals surface area contributed by atoms with Crippen molar-refractivity contribution in [1.82, 2.24) is 4.90 Å². The molecule has 0 amide bonds. The lowest BCUT2D eigenvalue weighted by Crippen LogP contribution is -2.33. The predicted octanol–water partition coefficient (Wildman–Crippen LogP) is 2.18. The van der Waals surface area contributed by atoms with Crippen molar-refractivity contribution in [1.29, 1.82) is 0 Å². The maximum atomic E-state index is 11.7. The average molecular weight is 227 g/mol. The molecule has 2 rings (SSSR count). The van der Waals surface area contributed by atoms with E-state index >= 15 is 0 Å². The topological polar surface area (TPSA) is 20.3 Å². The molecule has 1 heterocycles. The minimum Gasteiger partial charge on any atom is -0.298 e. The summed E-state index contributed by atoms with van der Waals surface area (Å²) in [6.07, 6.45) is 3.50. The van der Waals surface area contributed by atoms with Gasteiger partial charge in [0.2, 0.25) is 0 Å². The van der Waals surface area contributed by atoms with Gasteiger partial charge >= 0.3 is 0 Å². The van der Waals surface area contributed by atoms with Crippen LogP contribution >= 0.6 is 11.8 Å². The molecule has 0 spiro atoms. The van der Waals surface area contributed by atoms with Crippen LogP contribution in [0.4, 0.5) is 0 Å². The van der Waals surface area contributed by atoms with Crippen molar-refractivity contribution in [3.8, 4) is 0 Å². The van der Waals surface area contributed by atoms with Gasteiger partial charge in [-0.2, -0.15) is 11.8 Å². The van der Waals surface area contributed by atoms with Crippen LogP contribution in [-0.2, 0) is 4.79 Å². The Morgan fingerprint density at radius 3 is 2.80 bits per heavy atom. The van der Waals surface area contributed by atoms with E-state index in [4.69, 9.17) is 0 Å². The largest absolute Gasteiger partial charge is 0.298 e. The molecule has 0 aromatic rings. The van der Waals surface area contributed by atoms with Crippen LogP contribution in [0.1, 0.15) is 33.1 Å². The van der Waals surface area contributed by atoms with Crippen molar-refractivity contribution < 1.29 is 4.79 Å². The van der Waals surface area contributed by atoms with Crippen LogP contribution in [0.5, 0.6) is 0 Å². The van der Waals surface area contributed by atoms with E-state index in [0.29, 0.717) is 23.0 Å². The van der Waals surface area contributed by atoms with Gasteiger partial charge in [0.1, 0.15) is 5.78 Å². The highest BCUT2D eigenvalue weighted by molar-refractivity contribution is 8.00. The molecule has 0 radical (unpaired) electrons. The monoisotopic (exact) mass is 227 g/mol. The van der Waals surface area contributed by atoms with Crippen molar-refractivity contribution in [2.75, 3.05) is 25.4 Å². The maximum absolute atomic E-state index is 11.7. The van der Waals surface area contributed by atoms with Gasteiger partial charge in [-0.15, -0.1) is 0 Å². The Hall–Kier alpha value is -0.0200. The van der Waals surface area contributed by atoms with Gasteiger partial charge < -0.3 is 0 Å². The minimum atomic E-state index is 0.400. The zero-order valence-corrected chi connectivity index (χ0v) is 10.6. The number of hydrogen-bond acceptors (Lipinski definition) is 3. The third-order valence-corrected chi connectivity index (χ3v) is 4.71. The fourth-order valence-corrected chi connectivity index (χ4v) is 3.11. The van der Waals surface area contributed by atoms with Crippen molar-refractivity contribution in [2.24, 2.45) is 5.92 Å². The summed E-state index contributed by atoms with van der Waals surface area (Å²) in [5, 5.41) is 0. The average Bonchev–Trinajstić information content (AvgIpc) is 2.94.